The third-order valence-corrected chi connectivity index (χ3v) is 4.56. The quantitative estimate of drug-likeness (QED) is 0.634. The lowest BCUT2D eigenvalue weighted by Gasteiger charge is -2.18. The summed E-state index contributed by atoms with van der Waals surface area (Å²) in [5, 5.41) is 5.12. The summed E-state index contributed by atoms with van der Waals surface area (Å²) in [7, 11) is 0. The maximum atomic E-state index is 13.7. The first-order valence-corrected chi connectivity index (χ1v) is 8.76. The van der Waals surface area contributed by atoms with E-state index in [1.165, 1.54) is 0 Å². The molecule has 1 aliphatic rings. The van der Waals surface area contributed by atoms with Crippen molar-refractivity contribution >= 4 is 11.7 Å². The molecule has 2 aromatic rings. The third-order valence-electron chi connectivity index (χ3n) is 4.56. The van der Waals surface area contributed by atoms with Gasteiger partial charge in [0.2, 0.25) is 0 Å². The zero-order valence-electron chi connectivity index (χ0n) is 14.7. The van der Waals surface area contributed by atoms with E-state index in [1.807, 2.05) is 30.3 Å². The molecule has 7 heteroatoms. The summed E-state index contributed by atoms with van der Waals surface area (Å²) in [4.78, 5) is 12.1. The maximum Gasteiger partial charge on any atom is 0.319 e. The fraction of sp³-hybridized carbons (Fsp3) is 0.350. The Morgan fingerprint density at radius 3 is 2.56 bits per heavy atom. The number of alkyl halides is 2. The highest BCUT2D eigenvalue weighted by Crippen LogP contribution is 2.38. The first-order chi connectivity index (χ1) is 13.0. The lowest BCUT2D eigenvalue weighted by molar-refractivity contribution is 0.110. The van der Waals surface area contributed by atoms with Crippen molar-refractivity contribution in [2.45, 2.75) is 37.8 Å². The Morgan fingerprint density at radius 2 is 1.89 bits per heavy atom. The molecule has 0 aromatic heterocycles. The minimum Gasteiger partial charge on any atom is -0.377 e. The molecule has 2 amide bonds. The summed E-state index contributed by atoms with van der Waals surface area (Å²) >= 11 is 0. The molecule has 0 atom stereocenters. The number of carbonyl (C=O) groups is 1. The zero-order valence-corrected chi connectivity index (χ0v) is 14.7. The van der Waals surface area contributed by atoms with Crippen LogP contribution in [0.25, 0.3) is 0 Å². The Labute approximate surface area is 155 Å². The van der Waals surface area contributed by atoms with E-state index in [2.05, 4.69) is 10.6 Å². The molecule has 0 bridgehead atoms. The molecular formula is C20H21F3N2O2. The summed E-state index contributed by atoms with van der Waals surface area (Å²) in [5.74, 6) is -0.759. The van der Waals surface area contributed by atoms with Crippen molar-refractivity contribution in [3.05, 3.63) is 65.5 Å². The number of urea groups is 1. The van der Waals surface area contributed by atoms with E-state index in [-0.39, 0.29) is 16.8 Å². The number of hydrogen-bond donors (Lipinski definition) is 2. The van der Waals surface area contributed by atoms with Crippen LogP contribution in [0, 0.1) is 5.82 Å². The molecule has 1 saturated carbocycles. The van der Waals surface area contributed by atoms with Gasteiger partial charge in [-0.1, -0.05) is 36.4 Å². The second kappa shape index (κ2) is 8.43. The molecule has 0 spiro atoms. The minimum atomic E-state index is -2.73. The number of nitrogens with one attached hydrogen (secondary N) is 2. The Balaban J connectivity index is 1.47. The van der Waals surface area contributed by atoms with Crippen molar-refractivity contribution in [2.24, 2.45) is 0 Å². The molecule has 1 fully saturated rings. The van der Waals surface area contributed by atoms with Crippen LogP contribution in [0.15, 0.2) is 48.5 Å². The van der Waals surface area contributed by atoms with Gasteiger partial charge in [0, 0.05) is 17.7 Å². The van der Waals surface area contributed by atoms with E-state index in [1.54, 1.807) is 0 Å². The number of ether oxygens (including phenoxy) is 1. The van der Waals surface area contributed by atoms with Crippen molar-refractivity contribution in [3.63, 3.8) is 0 Å². The fourth-order valence-electron chi connectivity index (χ4n) is 2.79. The number of halogens is 3. The number of carbonyl (C=O) groups excluding carboxylic acids is 1. The SMILES string of the molecule is O=C(Nc1cc(C(F)F)ccc1F)NC1(CCOCc2ccccc2)CC1. The van der Waals surface area contributed by atoms with Gasteiger partial charge in [0.15, 0.2) is 0 Å². The van der Waals surface area contributed by atoms with Crippen molar-refractivity contribution in [1.29, 1.82) is 0 Å². The first kappa shape index (κ1) is 19.2. The average Bonchev–Trinajstić information content (AvgIpc) is 3.40. The topological polar surface area (TPSA) is 50.4 Å². The lowest BCUT2D eigenvalue weighted by Crippen LogP contribution is -2.40. The molecule has 0 heterocycles. The van der Waals surface area contributed by atoms with Gasteiger partial charge < -0.3 is 15.4 Å². The predicted molar refractivity (Wildman–Crippen MR) is 96.2 cm³/mol. The van der Waals surface area contributed by atoms with E-state index in [0.29, 0.717) is 19.6 Å². The van der Waals surface area contributed by atoms with Crippen LogP contribution < -0.4 is 10.6 Å². The molecule has 144 valence electrons. The normalized spacial score (nSPS) is 14.8. The van der Waals surface area contributed by atoms with E-state index < -0.39 is 18.3 Å². The van der Waals surface area contributed by atoms with Gasteiger partial charge in [-0.2, -0.15) is 0 Å². The third kappa shape index (κ3) is 5.47. The van der Waals surface area contributed by atoms with Crippen LogP contribution in [-0.2, 0) is 11.3 Å². The van der Waals surface area contributed by atoms with Gasteiger partial charge in [-0.05, 0) is 37.0 Å². The van der Waals surface area contributed by atoms with Crippen LogP contribution in [0.1, 0.15) is 36.8 Å². The summed E-state index contributed by atoms with van der Waals surface area (Å²) in [5.41, 5.74) is 0.0865. The second-order valence-corrected chi connectivity index (χ2v) is 6.69. The lowest BCUT2D eigenvalue weighted by atomic mass is 10.2. The molecule has 2 N–H and O–H groups in total. The standard InChI is InChI=1S/C20H21F3N2O2/c21-16-7-6-15(18(22)23)12-17(16)24-19(26)25-20(8-9-20)10-11-27-13-14-4-2-1-3-5-14/h1-7,12,18H,8-11,13H2,(H2,24,25,26). The largest absolute Gasteiger partial charge is 0.377 e. The number of amides is 2. The zero-order chi connectivity index (χ0) is 19.3. The van der Waals surface area contributed by atoms with Crippen molar-refractivity contribution in [3.8, 4) is 0 Å². The van der Waals surface area contributed by atoms with Gasteiger partial charge in [-0.15, -0.1) is 0 Å². The highest BCUT2D eigenvalue weighted by molar-refractivity contribution is 5.90. The average molecular weight is 378 g/mol. The van der Waals surface area contributed by atoms with Crippen LogP contribution in [0.5, 0.6) is 0 Å². The van der Waals surface area contributed by atoms with Gasteiger partial charge in [-0.25, -0.2) is 18.0 Å². The summed E-state index contributed by atoms with van der Waals surface area (Å²) in [6.07, 6.45) is -0.498. The maximum absolute atomic E-state index is 13.7. The highest BCUT2D eigenvalue weighted by Gasteiger charge is 2.43. The minimum absolute atomic E-state index is 0.263. The molecule has 3 rings (SSSR count). The fourth-order valence-corrected chi connectivity index (χ4v) is 2.79. The first-order valence-electron chi connectivity index (χ1n) is 8.76. The van der Waals surface area contributed by atoms with Crippen LogP contribution in [0.4, 0.5) is 23.7 Å². The number of anilines is 1. The summed E-state index contributed by atoms with van der Waals surface area (Å²) in [6, 6.07) is 12.0. The predicted octanol–water partition coefficient (Wildman–Crippen LogP) is 5.02. The molecular weight excluding hydrogens is 357 g/mol. The summed E-state index contributed by atoms with van der Waals surface area (Å²) in [6.45, 7) is 0.971. The van der Waals surface area contributed by atoms with Gasteiger partial charge in [0.1, 0.15) is 5.82 Å². The van der Waals surface area contributed by atoms with Crippen LogP contribution in [0.2, 0.25) is 0 Å². The van der Waals surface area contributed by atoms with E-state index in [9.17, 15) is 18.0 Å². The smallest absolute Gasteiger partial charge is 0.319 e. The molecule has 0 aliphatic heterocycles. The van der Waals surface area contributed by atoms with E-state index in [0.717, 1.165) is 36.6 Å². The highest BCUT2D eigenvalue weighted by atomic mass is 19.3. The molecule has 0 unspecified atom stereocenters. The Hall–Kier alpha value is -2.54. The number of benzene rings is 2. The molecule has 0 radical (unpaired) electrons. The van der Waals surface area contributed by atoms with Gasteiger partial charge in [-0.3, -0.25) is 0 Å². The van der Waals surface area contributed by atoms with Crippen LogP contribution >= 0.6 is 0 Å². The monoisotopic (exact) mass is 378 g/mol. The van der Waals surface area contributed by atoms with E-state index >= 15 is 0 Å². The Kier molecular flexibility index (Phi) is 6.01. The van der Waals surface area contributed by atoms with Gasteiger partial charge in [0.25, 0.3) is 6.43 Å². The van der Waals surface area contributed by atoms with Crippen LogP contribution in [-0.4, -0.2) is 18.2 Å². The molecule has 2 aromatic carbocycles. The second-order valence-electron chi connectivity index (χ2n) is 6.69. The Bertz CT molecular complexity index is 780. The molecule has 1 aliphatic carbocycles. The number of hydrogen-bond acceptors (Lipinski definition) is 2. The van der Waals surface area contributed by atoms with Crippen molar-refractivity contribution < 1.29 is 22.7 Å². The number of rotatable bonds is 8. The van der Waals surface area contributed by atoms with Crippen molar-refractivity contribution in [1.82, 2.24) is 5.32 Å². The van der Waals surface area contributed by atoms with Gasteiger partial charge in [0.05, 0.1) is 12.3 Å². The van der Waals surface area contributed by atoms with Crippen LogP contribution in [0.3, 0.4) is 0 Å². The van der Waals surface area contributed by atoms with E-state index in [4.69, 9.17) is 4.74 Å². The van der Waals surface area contributed by atoms with Gasteiger partial charge >= 0.3 is 6.03 Å². The summed E-state index contributed by atoms with van der Waals surface area (Å²) < 4.78 is 44.8. The van der Waals surface area contributed by atoms with Crippen molar-refractivity contribution in [2.75, 3.05) is 11.9 Å². The molecule has 4 nitrogen and oxygen atoms in total. The molecule has 27 heavy (non-hydrogen) atoms. The Morgan fingerprint density at radius 1 is 1.15 bits per heavy atom. The molecule has 0 saturated heterocycles.